The summed E-state index contributed by atoms with van der Waals surface area (Å²) in [7, 11) is 1.57. The zero-order valence-electron chi connectivity index (χ0n) is 12.1. The second kappa shape index (κ2) is 7.24. The molecule has 2 unspecified atom stereocenters. The minimum absolute atomic E-state index is 0.192. The summed E-state index contributed by atoms with van der Waals surface area (Å²) in [6.45, 7) is 1.80. The van der Waals surface area contributed by atoms with E-state index < -0.39 is 6.10 Å². The number of benzene rings is 1. The van der Waals surface area contributed by atoms with Crippen molar-refractivity contribution in [3.05, 3.63) is 52.2 Å². The molecule has 0 spiro atoms. The Hall–Kier alpha value is -1.85. The normalized spacial score (nSPS) is 13.5. The Labute approximate surface area is 128 Å². The molecule has 112 valence electrons. The summed E-state index contributed by atoms with van der Waals surface area (Å²) in [6.07, 6.45) is -0.117. The van der Waals surface area contributed by atoms with Crippen molar-refractivity contribution in [3.8, 4) is 5.75 Å². The summed E-state index contributed by atoms with van der Waals surface area (Å²) in [6, 6.07) is 11.1. The topological polar surface area (TPSA) is 58.6 Å². The van der Waals surface area contributed by atoms with E-state index in [-0.39, 0.29) is 11.9 Å². The smallest absolute Gasteiger partial charge is 0.261 e. The average Bonchev–Trinajstić information content (AvgIpc) is 2.97. The van der Waals surface area contributed by atoms with Gasteiger partial charge < -0.3 is 15.2 Å². The number of aliphatic hydroxyl groups is 1. The molecule has 2 N–H and O–H groups in total. The zero-order valence-corrected chi connectivity index (χ0v) is 12.9. The highest BCUT2D eigenvalue weighted by Gasteiger charge is 2.19. The third kappa shape index (κ3) is 4.31. The first-order valence-electron chi connectivity index (χ1n) is 6.75. The molecule has 0 saturated heterocycles. The number of amides is 1. The van der Waals surface area contributed by atoms with E-state index in [1.165, 1.54) is 11.3 Å². The lowest BCUT2D eigenvalue weighted by atomic mass is 10.0. The number of ether oxygens (including phenoxy) is 1. The van der Waals surface area contributed by atoms with Crippen molar-refractivity contribution in [2.75, 3.05) is 7.11 Å². The van der Waals surface area contributed by atoms with E-state index in [1.807, 2.05) is 30.3 Å². The van der Waals surface area contributed by atoms with Gasteiger partial charge in [-0.25, -0.2) is 0 Å². The van der Waals surface area contributed by atoms with Gasteiger partial charge in [-0.3, -0.25) is 4.79 Å². The first-order valence-corrected chi connectivity index (χ1v) is 7.63. The number of carbonyl (C=O) groups excluding carboxylic acids is 1. The van der Waals surface area contributed by atoms with Crippen LogP contribution < -0.4 is 10.1 Å². The Morgan fingerprint density at radius 3 is 2.71 bits per heavy atom. The van der Waals surface area contributed by atoms with Crippen LogP contribution in [0.25, 0.3) is 0 Å². The number of thiophene rings is 1. The predicted molar refractivity (Wildman–Crippen MR) is 84.0 cm³/mol. The Morgan fingerprint density at radius 1 is 1.38 bits per heavy atom. The molecule has 1 aromatic carbocycles. The number of hydrogen-bond acceptors (Lipinski definition) is 4. The molecule has 0 aliphatic carbocycles. The molecule has 1 amide bonds. The molecule has 1 aromatic heterocycles. The molecular weight excluding hydrogens is 286 g/mol. The standard InChI is InChI=1S/C16H19NO3S/c1-11(14(18)8-12-6-4-3-5-7-12)17-16(19)15-9-13(20-2)10-21-15/h3-7,9-11,14,18H,8H2,1-2H3,(H,17,19). The summed E-state index contributed by atoms with van der Waals surface area (Å²) < 4.78 is 5.06. The van der Waals surface area contributed by atoms with Gasteiger partial charge in [-0.05, 0) is 12.5 Å². The lowest BCUT2D eigenvalue weighted by Crippen LogP contribution is -2.41. The monoisotopic (exact) mass is 305 g/mol. The Bertz CT molecular complexity index is 582. The molecule has 0 aliphatic rings. The summed E-state index contributed by atoms with van der Waals surface area (Å²) in [5.74, 6) is 0.477. The number of carbonyl (C=O) groups is 1. The third-order valence-electron chi connectivity index (χ3n) is 3.26. The fraction of sp³-hybridized carbons (Fsp3) is 0.312. The average molecular weight is 305 g/mol. The van der Waals surface area contributed by atoms with Crippen molar-refractivity contribution in [1.29, 1.82) is 0 Å². The third-order valence-corrected chi connectivity index (χ3v) is 4.17. The van der Waals surface area contributed by atoms with Crippen LogP contribution in [0, 0.1) is 0 Å². The van der Waals surface area contributed by atoms with Gasteiger partial charge in [0.2, 0.25) is 0 Å². The SMILES string of the molecule is COc1csc(C(=O)NC(C)C(O)Cc2ccccc2)c1. The number of nitrogens with one attached hydrogen (secondary N) is 1. The molecule has 21 heavy (non-hydrogen) atoms. The minimum Gasteiger partial charge on any atom is -0.496 e. The molecular formula is C16H19NO3S. The van der Waals surface area contributed by atoms with E-state index in [0.717, 1.165) is 5.56 Å². The van der Waals surface area contributed by atoms with Crippen molar-refractivity contribution < 1.29 is 14.6 Å². The fourth-order valence-electron chi connectivity index (χ4n) is 1.95. The van der Waals surface area contributed by atoms with Gasteiger partial charge in [0.15, 0.2) is 0 Å². The van der Waals surface area contributed by atoms with Crippen LogP contribution in [0.2, 0.25) is 0 Å². The lowest BCUT2D eigenvalue weighted by molar-refractivity contribution is 0.0855. The van der Waals surface area contributed by atoms with Crippen molar-refractivity contribution >= 4 is 17.2 Å². The molecule has 2 rings (SSSR count). The second-order valence-electron chi connectivity index (χ2n) is 4.87. The number of aliphatic hydroxyl groups excluding tert-OH is 1. The molecule has 0 saturated carbocycles. The molecule has 4 nitrogen and oxygen atoms in total. The van der Waals surface area contributed by atoms with Gasteiger partial charge in [-0.2, -0.15) is 0 Å². The summed E-state index contributed by atoms with van der Waals surface area (Å²) in [5.41, 5.74) is 1.05. The van der Waals surface area contributed by atoms with E-state index in [0.29, 0.717) is 17.0 Å². The zero-order chi connectivity index (χ0) is 15.2. The Morgan fingerprint density at radius 2 is 2.10 bits per heavy atom. The van der Waals surface area contributed by atoms with Gasteiger partial charge in [-0.15, -0.1) is 11.3 Å². The van der Waals surface area contributed by atoms with Crippen LogP contribution in [0.1, 0.15) is 22.2 Å². The Kier molecular flexibility index (Phi) is 5.36. The quantitative estimate of drug-likeness (QED) is 0.862. The maximum absolute atomic E-state index is 12.1. The maximum atomic E-state index is 12.1. The van der Waals surface area contributed by atoms with Gasteiger partial charge in [0, 0.05) is 17.9 Å². The first kappa shape index (κ1) is 15.5. The molecule has 0 bridgehead atoms. The van der Waals surface area contributed by atoms with Crippen LogP contribution >= 0.6 is 11.3 Å². The molecule has 5 heteroatoms. The first-order chi connectivity index (χ1) is 10.1. The highest BCUT2D eigenvalue weighted by atomic mass is 32.1. The van der Waals surface area contributed by atoms with Crippen LogP contribution in [0.5, 0.6) is 5.75 Å². The summed E-state index contributed by atoms with van der Waals surface area (Å²) in [4.78, 5) is 12.6. The van der Waals surface area contributed by atoms with Crippen molar-refractivity contribution in [2.45, 2.75) is 25.5 Å². The van der Waals surface area contributed by atoms with Gasteiger partial charge in [0.1, 0.15) is 5.75 Å². The summed E-state index contributed by atoms with van der Waals surface area (Å²) in [5, 5.41) is 14.8. The Balaban J connectivity index is 1.91. The molecule has 2 aromatic rings. The van der Waals surface area contributed by atoms with Crippen LogP contribution in [0.3, 0.4) is 0 Å². The van der Waals surface area contributed by atoms with Gasteiger partial charge in [0.25, 0.3) is 5.91 Å². The maximum Gasteiger partial charge on any atom is 0.261 e. The number of rotatable bonds is 6. The van der Waals surface area contributed by atoms with Crippen LogP contribution in [-0.4, -0.2) is 30.3 Å². The van der Waals surface area contributed by atoms with Gasteiger partial charge >= 0.3 is 0 Å². The van der Waals surface area contributed by atoms with Crippen molar-refractivity contribution in [3.63, 3.8) is 0 Å². The highest BCUT2D eigenvalue weighted by molar-refractivity contribution is 7.12. The van der Waals surface area contributed by atoms with E-state index in [4.69, 9.17) is 4.74 Å². The largest absolute Gasteiger partial charge is 0.496 e. The second-order valence-corrected chi connectivity index (χ2v) is 5.78. The van der Waals surface area contributed by atoms with Gasteiger partial charge in [-0.1, -0.05) is 30.3 Å². The molecule has 1 heterocycles. The number of hydrogen-bond donors (Lipinski definition) is 2. The van der Waals surface area contributed by atoms with E-state index >= 15 is 0 Å². The molecule has 2 atom stereocenters. The highest BCUT2D eigenvalue weighted by Crippen LogP contribution is 2.21. The molecule has 0 aliphatic heterocycles. The van der Waals surface area contributed by atoms with Crippen LogP contribution in [0.15, 0.2) is 41.8 Å². The van der Waals surface area contributed by atoms with Crippen LogP contribution in [-0.2, 0) is 6.42 Å². The van der Waals surface area contributed by atoms with Crippen molar-refractivity contribution in [2.24, 2.45) is 0 Å². The van der Waals surface area contributed by atoms with E-state index in [1.54, 1.807) is 25.5 Å². The van der Waals surface area contributed by atoms with E-state index in [2.05, 4.69) is 5.32 Å². The minimum atomic E-state index is -0.627. The summed E-state index contributed by atoms with van der Waals surface area (Å²) >= 11 is 1.32. The van der Waals surface area contributed by atoms with Crippen LogP contribution in [0.4, 0.5) is 0 Å². The van der Waals surface area contributed by atoms with E-state index in [9.17, 15) is 9.90 Å². The molecule has 0 fully saturated rings. The van der Waals surface area contributed by atoms with Gasteiger partial charge in [0.05, 0.1) is 24.1 Å². The molecule has 0 radical (unpaired) electrons. The predicted octanol–water partition coefficient (Wildman–Crippen LogP) is 2.48. The fourth-order valence-corrected chi connectivity index (χ4v) is 2.71. The number of methoxy groups -OCH3 is 1. The lowest BCUT2D eigenvalue weighted by Gasteiger charge is -2.20. The van der Waals surface area contributed by atoms with Crippen molar-refractivity contribution in [1.82, 2.24) is 5.32 Å².